The van der Waals surface area contributed by atoms with E-state index in [1.165, 1.54) is 6.20 Å². The molecule has 2 aromatic rings. The second kappa shape index (κ2) is 8.87. The van der Waals surface area contributed by atoms with Crippen LogP contribution in [0.1, 0.15) is 24.3 Å². The highest BCUT2D eigenvalue weighted by atomic mass is 16.6. The van der Waals surface area contributed by atoms with E-state index in [0.29, 0.717) is 6.42 Å². The van der Waals surface area contributed by atoms with E-state index in [0.717, 1.165) is 10.1 Å². The standard InChI is InChI=1S/C20H21N3O6/c1-3-14-11-23(18-16(25)15(24)12(2)29-18)19(26)21-17(14)22-20(27)28-10-9-13-7-5-4-6-8-13/h1,4-8,11-12,15-16,18,24-25H,9-10H2,2H3,(H,21,22,26,27)/t12-,15?,16?,18-/m1/s1. The number of ether oxygens (including phenoxy) is 2. The summed E-state index contributed by atoms with van der Waals surface area (Å²) in [5, 5.41) is 22.3. The Morgan fingerprint density at radius 2 is 2.07 bits per heavy atom. The van der Waals surface area contributed by atoms with E-state index >= 15 is 0 Å². The quantitative estimate of drug-likeness (QED) is 0.631. The second-order valence-corrected chi connectivity index (χ2v) is 6.55. The monoisotopic (exact) mass is 399 g/mol. The molecule has 152 valence electrons. The summed E-state index contributed by atoms with van der Waals surface area (Å²) < 4.78 is 11.5. The number of carbonyl (C=O) groups excluding carboxylic acids is 1. The molecule has 9 heteroatoms. The van der Waals surface area contributed by atoms with Crippen molar-refractivity contribution < 1.29 is 24.5 Å². The van der Waals surface area contributed by atoms with Gasteiger partial charge in [-0.3, -0.25) is 9.88 Å². The highest BCUT2D eigenvalue weighted by Crippen LogP contribution is 2.28. The van der Waals surface area contributed by atoms with Crippen molar-refractivity contribution >= 4 is 11.9 Å². The molecule has 1 aromatic carbocycles. The Labute approximate surface area is 166 Å². The number of terminal acetylenes is 1. The number of aliphatic hydroxyl groups is 2. The van der Waals surface area contributed by atoms with E-state index in [1.54, 1.807) is 6.92 Å². The van der Waals surface area contributed by atoms with Gasteiger partial charge in [0.05, 0.1) is 18.3 Å². The molecule has 0 aliphatic carbocycles. The predicted molar refractivity (Wildman–Crippen MR) is 103 cm³/mol. The van der Waals surface area contributed by atoms with Gasteiger partial charge in [-0.1, -0.05) is 36.3 Å². The lowest BCUT2D eigenvalue weighted by atomic mass is 10.1. The normalized spacial score (nSPS) is 23.4. The Morgan fingerprint density at radius 3 is 2.69 bits per heavy atom. The van der Waals surface area contributed by atoms with Crippen LogP contribution in [0, 0.1) is 12.3 Å². The molecule has 0 radical (unpaired) electrons. The molecule has 1 fully saturated rings. The number of aliphatic hydroxyl groups excluding tert-OH is 2. The van der Waals surface area contributed by atoms with E-state index in [-0.39, 0.29) is 18.0 Å². The molecule has 0 bridgehead atoms. The molecule has 1 aliphatic rings. The number of nitrogens with one attached hydrogen (secondary N) is 1. The Balaban J connectivity index is 1.68. The zero-order valence-corrected chi connectivity index (χ0v) is 15.7. The fraction of sp³-hybridized carbons (Fsp3) is 0.350. The fourth-order valence-corrected chi connectivity index (χ4v) is 2.95. The van der Waals surface area contributed by atoms with Crippen LogP contribution in [-0.4, -0.2) is 50.8 Å². The summed E-state index contributed by atoms with van der Waals surface area (Å²) >= 11 is 0. The predicted octanol–water partition coefficient (Wildman–Crippen LogP) is 0.655. The fourth-order valence-electron chi connectivity index (χ4n) is 2.95. The number of benzene rings is 1. The zero-order chi connectivity index (χ0) is 21.0. The third kappa shape index (κ3) is 4.63. The van der Waals surface area contributed by atoms with Crippen LogP contribution in [-0.2, 0) is 15.9 Å². The number of hydrogen-bond donors (Lipinski definition) is 3. The first-order valence-corrected chi connectivity index (χ1v) is 9.00. The molecule has 1 saturated heterocycles. The maximum atomic E-state index is 12.4. The van der Waals surface area contributed by atoms with Gasteiger partial charge >= 0.3 is 11.8 Å². The van der Waals surface area contributed by atoms with E-state index in [1.807, 2.05) is 30.3 Å². The summed E-state index contributed by atoms with van der Waals surface area (Å²) in [4.78, 5) is 28.1. The van der Waals surface area contributed by atoms with Crippen molar-refractivity contribution in [2.24, 2.45) is 0 Å². The Morgan fingerprint density at radius 1 is 1.34 bits per heavy atom. The molecule has 3 N–H and O–H groups in total. The van der Waals surface area contributed by atoms with Gasteiger partial charge in [-0.05, 0) is 12.5 Å². The molecule has 9 nitrogen and oxygen atoms in total. The molecule has 2 unspecified atom stereocenters. The van der Waals surface area contributed by atoms with E-state index < -0.39 is 36.3 Å². The first kappa shape index (κ1) is 20.5. The van der Waals surface area contributed by atoms with E-state index in [2.05, 4.69) is 16.2 Å². The van der Waals surface area contributed by atoms with Crippen LogP contribution < -0.4 is 11.0 Å². The number of anilines is 1. The maximum Gasteiger partial charge on any atom is 0.412 e. The van der Waals surface area contributed by atoms with Gasteiger partial charge in [-0.2, -0.15) is 4.98 Å². The summed E-state index contributed by atoms with van der Waals surface area (Å²) in [6, 6.07) is 9.49. The number of hydrogen-bond acceptors (Lipinski definition) is 7. The molecule has 0 spiro atoms. The molecular weight excluding hydrogens is 378 g/mol. The van der Waals surface area contributed by atoms with Crippen LogP contribution in [0.5, 0.6) is 0 Å². The van der Waals surface area contributed by atoms with E-state index in [9.17, 15) is 19.8 Å². The maximum absolute atomic E-state index is 12.4. The van der Waals surface area contributed by atoms with Gasteiger partial charge in [-0.25, -0.2) is 9.59 Å². The highest BCUT2D eigenvalue weighted by molar-refractivity contribution is 5.84. The number of amides is 1. The minimum Gasteiger partial charge on any atom is -0.449 e. The summed E-state index contributed by atoms with van der Waals surface area (Å²) in [7, 11) is 0. The SMILES string of the molecule is C#Cc1cn([C@@H]2O[C@H](C)C(O)C2O)c(=O)nc1NC(=O)OCCc1ccccc1. The molecule has 0 saturated carbocycles. The van der Waals surface area contributed by atoms with E-state index in [4.69, 9.17) is 15.9 Å². The number of aromatic nitrogens is 2. The van der Waals surface area contributed by atoms with Crippen LogP contribution in [0.15, 0.2) is 41.3 Å². The molecule has 1 amide bonds. The van der Waals surface area contributed by atoms with Gasteiger partial charge in [0.25, 0.3) is 0 Å². The average Bonchev–Trinajstić information content (AvgIpc) is 2.96. The van der Waals surface area contributed by atoms with Crippen molar-refractivity contribution in [1.82, 2.24) is 9.55 Å². The van der Waals surface area contributed by atoms with Crippen molar-refractivity contribution in [1.29, 1.82) is 0 Å². The molecule has 3 rings (SSSR count). The Hall–Kier alpha value is -3.19. The number of rotatable bonds is 5. The van der Waals surface area contributed by atoms with Crippen LogP contribution in [0.2, 0.25) is 0 Å². The number of nitrogens with zero attached hydrogens (tertiary/aromatic N) is 2. The number of carbonyl (C=O) groups is 1. The summed E-state index contributed by atoms with van der Waals surface area (Å²) in [5.41, 5.74) is 0.292. The first-order valence-electron chi connectivity index (χ1n) is 9.00. The summed E-state index contributed by atoms with van der Waals surface area (Å²) in [6.07, 6.45) is 2.13. The topological polar surface area (TPSA) is 123 Å². The van der Waals surface area contributed by atoms with Crippen LogP contribution in [0.25, 0.3) is 0 Å². The molecule has 29 heavy (non-hydrogen) atoms. The Kier molecular flexibility index (Phi) is 6.29. The smallest absolute Gasteiger partial charge is 0.412 e. The minimum absolute atomic E-state index is 0.0921. The molecule has 1 aromatic heterocycles. The summed E-state index contributed by atoms with van der Waals surface area (Å²) in [6.45, 7) is 1.70. The van der Waals surface area contributed by atoms with Crippen LogP contribution in [0.3, 0.4) is 0 Å². The minimum atomic E-state index is -1.32. The third-order valence-corrected chi connectivity index (χ3v) is 4.55. The van der Waals surface area contributed by atoms with Gasteiger partial charge in [-0.15, -0.1) is 6.42 Å². The van der Waals surface area contributed by atoms with Crippen LogP contribution in [0.4, 0.5) is 10.6 Å². The second-order valence-electron chi connectivity index (χ2n) is 6.55. The Bertz CT molecular complexity index is 968. The van der Waals surface area contributed by atoms with Gasteiger partial charge < -0.3 is 19.7 Å². The van der Waals surface area contributed by atoms with Crippen LogP contribution >= 0.6 is 0 Å². The third-order valence-electron chi connectivity index (χ3n) is 4.55. The largest absolute Gasteiger partial charge is 0.449 e. The zero-order valence-electron chi connectivity index (χ0n) is 15.7. The lowest BCUT2D eigenvalue weighted by Crippen LogP contribution is -2.36. The highest BCUT2D eigenvalue weighted by Gasteiger charge is 2.42. The van der Waals surface area contributed by atoms with Crippen molar-refractivity contribution in [3.05, 3.63) is 58.1 Å². The lowest BCUT2D eigenvalue weighted by Gasteiger charge is -2.18. The van der Waals surface area contributed by atoms with Gasteiger partial charge in [0.15, 0.2) is 12.0 Å². The van der Waals surface area contributed by atoms with Crippen molar-refractivity contribution in [3.8, 4) is 12.3 Å². The lowest BCUT2D eigenvalue weighted by molar-refractivity contribution is -0.0350. The van der Waals surface area contributed by atoms with Crippen molar-refractivity contribution in [2.45, 2.75) is 37.9 Å². The van der Waals surface area contributed by atoms with Crippen molar-refractivity contribution in [2.75, 3.05) is 11.9 Å². The van der Waals surface area contributed by atoms with Gasteiger partial charge in [0.1, 0.15) is 12.2 Å². The summed E-state index contributed by atoms with van der Waals surface area (Å²) in [5.74, 6) is 2.18. The molecule has 1 aliphatic heterocycles. The van der Waals surface area contributed by atoms with Gasteiger partial charge in [0.2, 0.25) is 0 Å². The average molecular weight is 399 g/mol. The molecule has 4 atom stereocenters. The first-order chi connectivity index (χ1) is 13.9. The molecule has 2 heterocycles. The van der Waals surface area contributed by atoms with Crippen molar-refractivity contribution in [3.63, 3.8) is 0 Å². The van der Waals surface area contributed by atoms with Gasteiger partial charge in [0, 0.05) is 12.6 Å². The molecular formula is C20H21N3O6.